The number of aliphatic carboxylic acids is 2. The van der Waals surface area contributed by atoms with Crippen LogP contribution in [0.25, 0.3) is 0 Å². The topological polar surface area (TPSA) is 127 Å². The van der Waals surface area contributed by atoms with Crippen molar-refractivity contribution in [3.8, 4) is 0 Å². The summed E-state index contributed by atoms with van der Waals surface area (Å²) >= 11 is 0. The largest absolute Gasteiger partial charge is 0.512 e. The van der Waals surface area contributed by atoms with Gasteiger partial charge in [0.25, 0.3) is 6.29 Å². The first kappa shape index (κ1) is 21.7. The van der Waals surface area contributed by atoms with E-state index in [1.54, 1.807) is 31.2 Å². The Balaban J connectivity index is 2.71. The Kier molecular flexibility index (Phi) is 9.47. The molecule has 0 saturated heterocycles. The van der Waals surface area contributed by atoms with Gasteiger partial charge in [0.2, 0.25) is 0 Å². The molecule has 9 heteroatoms. The minimum atomic E-state index is -2.46. The average molecular weight is 385 g/mol. The summed E-state index contributed by atoms with van der Waals surface area (Å²) in [5.74, 6) is -4.03. The molecule has 0 saturated carbocycles. The summed E-state index contributed by atoms with van der Waals surface area (Å²) in [6.45, 7) is 1.61. The van der Waals surface area contributed by atoms with E-state index in [1.165, 1.54) is 0 Å². The Morgan fingerprint density at radius 3 is 2.35 bits per heavy atom. The van der Waals surface area contributed by atoms with Crippen LogP contribution in [0.4, 0.5) is 0 Å². The van der Waals surface area contributed by atoms with Crippen molar-refractivity contribution in [2.24, 2.45) is 5.92 Å². The van der Waals surface area contributed by atoms with Gasteiger partial charge in [0.15, 0.2) is 6.16 Å². The molecule has 3 atom stereocenters. The number of carboxylic acids is 2. The summed E-state index contributed by atoms with van der Waals surface area (Å²) in [4.78, 5) is 33.3. The smallest absolute Gasteiger partial charge is 0.481 e. The Morgan fingerprint density at radius 2 is 1.81 bits per heavy atom. The van der Waals surface area contributed by atoms with E-state index in [1.807, 2.05) is 6.07 Å². The third-order valence-electron chi connectivity index (χ3n) is 3.46. The standard InChI is InChI=1S/C17H21O8P/c1-2-15(20)24-16(10-12-6-4-3-5-7-12)25-26(23)11-13(17(21)22)8-9-14(18)19/h3-7,13,16H,2,8-11H2,1H3,(H-,18,19,21,22)/p+1. The molecule has 0 amide bonds. The maximum absolute atomic E-state index is 12.2. The van der Waals surface area contributed by atoms with Gasteiger partial charge in [0, 0.05) is 19.3 Å². The van der Waals surface area contributed by atoms with Crippen LogP contribution in [0, 0.1) is 5.92 Å². The summed E-state index contributed by atoms with van der Waals surface area (Å²) in [5, 5.41) is 17.8. The highest BCUT2D eigenvalue weighted by Gasteiger charge is 2.34. The maximum atomic E-state index is 12.2. The van der Waals surface area contributed by atoms with Crippen molar-refractivity contribution >= 4 is 25.9 Å². The van der Waals surface area contributed by atoms with Crippen molar-refractivity contribution in [1.82, 2.24) is 0 Å². The molecule has 26 heavy (non-hydrogen) atoms. The van der Waals surface area contributed by atoms with Crippen LogP contribution in [0.1, 0.15) is 31.7 Å². The molecule has 1 rings (SSSR count). The number of ether oxygens (including phenoxy) is 1. The lowest BCUT2D eigenvalue weighted by atomic mass is 10.1. The monoisotopic (exact) mass is 385 g/mol. The lowest BCUT2D eigenvalue weighted by Gasteiger charge is -2.13. The number of carbonyl (C=O) groups excluding carboxylic acids is 1. The van der Waals surface area contributed by atoms with Gasteiger partial charge in [-0.3, -0.25) is 14.4 Å². The zero-order valence-corrected chi connectivity index (χ0v) is 15.3. The molecule has 0 aliphatic carbocycles. The van der Waals surface area contributed by atoms with E-state index in [9.17, 15) is 18.9 Å². The molecular weight excluding hydrogens is 363 g/mol. The Hall–Kier alpha value is -2.31. The van der Waals surface area contributed by atoms with E-state index in [-0.39, 0.29) is 31.8 Å². The van der Waals surface area contributed by atoms with Crippen LogP contribution < -0.4 is 0 Å². The first-order valence-corrected chi connectivity index (χ1v) is 9.47. The number of hydrogen-bond acceptors (Lipinski definition) is 6. The lowest BCUT2D eigenvalue weighted by molar-refractivity contribution is -0.162. The molecule has 0 bridgehead atoms. The maximum Gasteiger partial charge on any atom is 0.512 e. The molecule has 1 aromatic rings. The Labute approximate surface area is 152 Å². The minimum absolute atomic E-state index is 0.113. The van der Waals surface area contributed by atoms with Gasteiger partial charge in [-0.25, -0.2) is 0 Å². The fraction of sp³-hybridized carbons (Fsp3) is 0.471. The second-order valence-corrected chi connectivity index (χ2v) is 6.79. The molecule has 0 aromatic heterocycles. The highest BCUT2D eigenvalue weighted by atomic mass is 31.1. The predicted octanol–water partition coefficient (Wildman–Crippen LogP) is 2.83. The zero-order valence-electron chi connectivity index (χ0n) is 14.4. The van der Waals surface area contributed by atoms with Crippen LogP contribution in [0.5, 0.6) is 0 Å². The van der Waals surface area contributed by atoms with E-state index in [4.69, 9.17) is 19.5 Å². The predicted molar refractivity (Wildman–Crippen MR) is 91.9 cm³/mol. The number of rotatable bonds is 12. The third-order valence-corrected chi connectivity index (χ3v) is 4.67. The third kappa shape index (κ3) is 8.69. The van der Waals surface area contributed by atoms with Crippen LogP contribution in [0.15, 0.2) is 30.3 Å². The van der Waals surface area contributed by atoms with Crippen molar-refractivity contribution in [3.63, 3.8) is 0 Å². The molecule has 142 valence electrons. The average Bonchev–Trinajstić information content (AvgIpc) is 2.58. The Bertz CT molecular complexity index is 631. The molecule has 8 nitrogen and oxygen atoms in total. The molecule has 0 radical (unpaired) electrons. The summed E-state index contributed by atoms with van der Waals surface area (Å²) in [7, 11) is -2.46. The normalized spacial score (nSPS) is 13.5. The highest BCUT2D eigenvalue weighted by Crippen LogP contribution is 2.31. The summed E-state index contributed by atoms with van der Waals surface area (Å²) in [6.07, 6.45) is -1.69. The number of carboxylic acid groups (broad SMARTS) is 2. The van der Waals surface area contributed by atoms with Gasteiger partial charge in [0.05, 0.1) is 0 Å². The summed E-state index contributed by atoms with van der Waals surface area (Å²) in [5.41, 5.74) is 0.797. The highest BCUT2D eigenvalue weighted by molar-refractivity contribution is 7.39. The van der Waals surface area contributed by atoms with Gasteiger partial charge in [0.1, 0.15) is 5.92 Å². The van der Waals surface area contributed by atoms with E-state index in [0.717, 1.165) is 5.56 Å². The van der Waals surface area contributed by atoms with Crippen molar-refractivity contribution in [1.29, 1.82) is 0 Å². The first-order chi connectivity index (χ1) is 12.3. The summed E-state index contributed by atoms with van der Waals surface area (Å²) in [6, 6.07) is 8.98. The van der Waals surface area contributed by atoms with Gasteiger partial charge >= 0.3 is 25.9 Å². The van der Waals surface area contributed by atoms with Gasteiger partial charge in [-0.05, 0) is 16.5 Å². The van der Waals surface area contributed by atoms with Crippen LogP contribution in [0.2, 0.25) is 0 Å². The van der Waals surface area contributed by atoms with E-state index in [0.29, 0.717) is 0 Å². The first-order valence-electron chi connectivity index (χ1n) is 8.11. The van der Waals surface area contributed by atoms with Gasteiger partial charge in [-0.15, -0.1) is 4.52 Å². The zero-order chi connectivity index (χ0) is 19.5. The lowest BCUT2D eigenvalue weighted by Crippen LogP contribution is -2.23. The second kappa shape index (κ2) is 11.3. The van der Waals surface area contributed by atoms with Crippen LogP contribution >= 0.6 is 8.03 Å². The number of esters is 1. The molecule has 0 spiro atoms. The van der Waals surface area contributed by atoms with Crippen LogP contribution in [-0.2, 0) is 34.6 Å². The van der Waals surface area contributed by atoms with Crippen molar-refractivity contribution in [2.45, 2.75) is 38.9 Å². The second-order valence-electron chi connectivity index (χ2n) is 5.55. The van der Waals surface area contributed by atoms with E-state index < -0.39 is 38.1 Å². The fourth-order valence-corrected chi connectivity index (χ4v) is 3.25. The van der Waals surface area contributed by atoms with E-state index in [2.05, 4.69) is 0 Å². The minimum Gasteiger partial charge on any atom is -0.481 e. The quantitative estimate of drug-likeness (QED) is 0.319. The number of hydrogen-bond donors (Lipinski definition) is 2. The molecule has 2 N–H and O–H groups in total. The molecule has 0 aliphatic rings. The van der Waals surface area contributed by atoms with Crippen molar-refractivity contribution < 1.29 is 38.4 Å². The molecule has 0 fully saturated rings. The van der Waals surface area contributed by atoms with Crippen molar-refractivity contribution in [2.75, 3.05) is 6.16 Å². The van der Waals surface area contributed by atoms with Crippen LogP contribution in [-0.4, -0.2) is 40.6 Å². The van der Waals surface area contributed by atoms with Crippen LogP contribution in [0.3, 0.4) is 0 Å². The van der Waals surface area contributed by atoms with E-state index >= 15 is 0 Å². The van der Waals surface area contributed by atoms with Crippen molar-refractivity contribution in [3.05, 3.63) is 35.9 Å². The van der Waals surface area contributed by atoms with Gasteiger partial charge < -0.3 is 14.9 Å². The molecule has 0 heterocycles. The molecular formula is C17H22O8P+. The molecule has 3 unspecified atom stereocenters. The number of carbonyl (C=O) groups is 3. The SMILES string of the molecule is CCC(=O)OC(Cc1ccccc1)O[P+](=O)CC(CCC(=O)O)C(=O)O. The Morgan fingerprint density at radius 1 is 1.15 bits per heavy atom. The summed E-state index contributed by atoms with van der Waals surface area (Å²) < 4.78 is 22.6. The molecule has 1 aromatic carbocycles. The van der Waals surface area contributed by atoms with Gasteiger partial charge in [-0.1, -0.05) is 37.3 Å². The number of benzene rings is 1. The van der Waals surface area contributed by atoms with Gasteiger partial charge in [-0.2, -0.15) is 0 Å². The molecule has 0 aliphatic heterocycles. The fourth-order valence-electron chi connectivity index (χ4n) is 2.08.